The average molecular weight is 480 g/mol. The normalized spacial score (nSPS) is 15.2. The first-order valence-corrected chi connectivity index (χ1v) is 12.3. The van der Waals surface area contributed by atoms with E-state index in [9.17, 15) is 0 Å². The lowest BCUT2D eigenvalue weighted by Crippen LogP contribution is -2.33. The summed E-state index contributed by atoms with van der Waals surface area (Å²) in [7, 11) is 3.22. The highest BCUT2D eigenvalue weighted by molar-refractivity contribution is 7.18. The third-order valence-electron chi connectivity index (χ3n) is 6.54. The largest absolute Gasteiger partial charge is 0.493 e. The SMILES string of the molecule is COc1ccc(-c2nnn(-c3nc(CN4CCC(C)CC4)nc4sc(C)c(C)c34)n2)cc1OC. The highest BCUT2D eigenvalue weighted by Crippen LogP contribution is 2.34. The average Bonchev–Trinajstić information content (AvgIpc) is 3.45. The molecule has 9 nitrogen and oxygen atoms in total. The zero-order valence-electron chi connectivity index (χ0n) is 20.2. The number of piperidine rings is 1. The molecular weight excluding hydrogens is 450 g/mol. The van der Waals surface area contributed by atoms with Crippen molar-refractivity contribution in [3.8, 4) is 28.7 Å². The van der Waals surface area contributed by atoms with Crippen molar-refractivity contribution in [2.24, 2.45) is 5.92 Å². The number of benzene rings is 1. The van der Waals surface area contributed by atoms with Crippen molar-refractivity contribution >= 4 is 21.6 Å². The van der Waals surface area contributed by atoms with Gasteiger partial charge in [-0.3, -0.25) is 4.90 Å². The molecule has 0 amide bonds. The van der Waals surface area contributed by atoms with Crippen molar-refractivity contribution in [2.75, 3.05) is 27.3 Å². The summed E-state index contributed by atoms with van der Waals surface area (Å²) in [6, 6.07) is 5.57. The first-order chi connectivity index (χ1) is 16.5. The lowest BCUT2D eigenvalue weighted by Gasteiger charge is -2.29. The Morgan fingerprint density at radius 3 is 2.56 bits per heavy atom. The van der Waals surface area contributed by atoms with Crippen LogP contribution in [0.2, 0.25) is 0 Å². The third kappa shape index (κ3) is 4.23. The highest BCUT2D eigenvalue weighted by atomic mass is 32.1. The van der Waals surface area contributed by atoms with Gasteiger partial charge in [0.25, 0.3) is 0 Å². The Morgan fingerprint density at radius 1 is 1.06 bits per heavy atom. The van der Waals surface area contributed by atoms with E-state index in [4.69, 9.17) is 19.4 Å². The maximum absolute atomic E-state index is 5.43. The smallest absolute Gasteiger partial charge is 0.205 e. The van der Waals surface area contributed by atoms with E-state index in [2.05, 4.69) is 41.1 Å². The van der Waals surface area contributed by atoms with Gasteiger partial charge in [0.2, 0.25) is 5.82 Å². The number of nitrogens with zero attached hydrogens (tertiary/aromatic N) is 7. The summed E-state index contributed by atoms with van der Waals surface area (Å²) in [6.07, 6.45) is 2.43. The van der Waals surface area contributed by atoms with Gasteiger partial charge in [0.05, 0.1) is 26.2 Å². The number of aromatic nitrogens is 6. The van der Waals surface area contributed by atoms with Crippen molar-refractivity contribution in [3.63, 3.8) is 0 Å². The van der Waals surface area contributed by atoms with E-state index in [1.54, 1.807) is 25.6 Å². The molecule has 0 radical (unpaired) electrons. The van der Waals surface area contributed by atoms with Crippen molar-refractivity contribution in [1.29, 1.82) is 0 Å². The van der Waals surface area contributed by atoms with Crippen LogP contribution in [0, 0.1) is 19.8 Å². The molecule has 0 bridgehead atoms. The molecule has 5 rings (SSSR count). The Kier molecular flexibility index (Phi) is 6.18. The van der Waals surface area contributed by atoms with Crippen molar-refractivity contribution in [2.45, 2.75) is 40.2 Å². The second-order valence-electron chi connectivity index (χ2n) is 8.86. The van der Waals surface area contributed by atoms with Crippen molar-refractivity contribution < 1.29 is 9.47 Å². The van der Waals surface area contributed by atoms with E-state index in [0.29, 0.717) is 23.1 Å². The number of rotatable bonds is 6. The van der Waals surface area contributed by atoms with Gasteiger partial charge in [-0.05, 0) is 74.7 Å². The summed E-state index contributed by atoms with van der Waals surface area (Å²) < 4.78 is 10.8. The molecule has 1 aromatic carbocycles. The minimum atomic E-state index is 0.490. The van der Waals surface area contributed by atoms with Gasteiger partial charge >= 0.3 is 0 Å². The number of fused-ring (bicyclic) bond motifs is 1. The molecule has 10 heteroatoms. The number of likely N-dealkylation sites (tertiary alicyclic amines) is 1. The Balaban J connectivity index is 1.53. The molecule has 34 heavy (non-hydrogen) atoms. The van der Waals surface area contributed by atoms with E-state index in [1.807, 2.05) is 18.2 Å². The zero-order chi connectivity index (χ0) is 23.8. The fraction of sp³-hybridized carbons (Fsp3) is 0.458. The monoisotopic (exact) mass is 479 g/mol. The molecule has 178 valence electrons. The van der Waals surface area contributed by atoms with Crippen LogP contribution < -0.4 is 9.47 Å². The van der Waals surface area contributed by atoms with Gasteiger partial charge in [0, 0.05) is 10.4 Å². The van der Waals surface area contributed by atoms with Crippen LogP contribution in [0.1, 0.15) is 36.0 Å². The molecule has 0 spiro atoms. The predicted octanol–water partition coefficient (Wildman–Crippen LogP) is 4.20. The summed E-state index contributed by atoms with van der Waals surface area (Å²) in [5.41, 5.74) is 1.94. The van der Waals surface area contributed by atoms with Gasteiger partial charge in [-0.15, -0.1) is 26.3 Å². The molecule has 0 unspecified atom stereocenters. The molecule has 1 aliphatic rings. The summed E-state index contributed by atoms with van der Waals surface area (Å²) in [4.78, 5) is 16.0. The van der Waals surface area contributed by atoms with Crippen LogP contribution in [0.3, 0.4) is 0 Å². The van der Waals surface area contributed by atoms with E-state index in [-0.39, 0.29) is 0 Å². The summed E-state index contributed by atoms with van der Waals surface area (Å²) in [6.45, 7) is 9.40. The first-order valence-electron chi connectivity index (χ1n) is 11.5. The van der Waals surface area contributed by atoms with Gasteiger partial charge in [0.1, 0.15) is 10.7 Å². The standard InChI is InChI=1S/C24H29N7O2S/c1-14-8-10-30(11-9-14)13-20-25-23(21-15(2)16(3)34-24(21)26-20)31-28-22(27-29-31)17-6-7-18(32-4)19(12-17)33-5/h6-7,12,14H,8-11,13H2,1-5H3. The van der Waals surface area contributed by atoms with E-state index < -0.39 is 0 Å². The van der Waals surface area contributed by atoms with Crippen LogP contribution in [-0.4, -0.2) is 62.4 Å². The van der Waals surface area contributed by atoms with Crippen molar-refractivity contribution in [3.05, 3.63) is 34.5 Å². The number of aryl methyl sites for hydroxylation is 2. The number of hydrogen-bond donors (Lipinski definition) is 0. The van der Waals surface area contributed by atoms with Crippen LogP contribution in [0.4, 0.5) is 0 Å². The molecule has 1 aliphatic heterocycles. The molecule has 1 saturated heterocycles. The number of thiophene rings is 1. The highest BCUT2D eigenvalue weighted by Gasteiger charge is 2.22. The molecule has 0 saturated carbocycles. The number of methoxy groups -OCH3 is 2. The predicted molar refractivity (Wildman–Crippen MR) is 132 cm³/mol. The first kappa shape index (κ1) is 22.7. The summed E-state index contributed by atoms with van der Waals surface area (Å²) >= 11 is 1.69. The Labute approximate surface area is 202 Å². The second-order valence-corrected chi connectivity index (χ2v) is 10.1. The maximum atomic E-state index is 5.43. The maximum Gasteiger partial charge on any atom is 0.205 e. The molecule has 0 N–H and O–H groups in total. The summed E-state index contributed by atoms with van der Waals surface area (Å²) in [5, 5.41) is 14.3. The minimum absolute atomic E-state index is 0.490. The Bertz CT molecular complexity index is 1320. The van der Waals surface area contributed by atoms with Crippen molar-refractivity contribution in [1.82, 2.24) is 35.1 Å². The fourth-order valence-corrected chi connectivity index (χ4v) is 5.34. The molecule has 0 aliphatic carbocycles. The second kappa shape index (κ2) is 9.27. The fourth-order valence-electron chi connectivity index (χ4n) is 4.30. The van der Waals surface area contributed by atoms with E-state index in [1.165, 1.54) is 22.5 Å². The molecule has 0 atom stereocenters. The van der Waals surface area contributed by atoms with Crippen LogP contribution in [0.25, 0.3) is 27.4 Å². The Hall–Kier alpha value is -3.11. The quantitative estimate of drug-likeness (QED) is 0.406. The molecule has 3 aromatic heterocycles. The topological polar surface area (TPSA) is 91.1 Å². The van der Waals surface area contributed by atoms with Gasteiger partial charge in [-0.1, -0.05) is 6.92 Å². The number of hydrogen-bond acceptors (Lipinski definition) is 9. The third-order valence-corrected chi connectivity index (χ3v) is 7.64. The van der Waals surface area contributed by atoms with E-state index >= 15 is 0 Å². The van der Waals surface area contributed by atoms with Crippen LogP contribution in [-0.2, 0) is 6.54 Å². The van der Waals surface area contributed by atoms with Gasteiger partial charge in [-0.2, -0.15) is 0 Å². The molecule has 4 aromatic rings. The van der Waals surface area contributed by atoms with Crippen LogP contribution in [0.15, 0.2) is 18.2 Å². The minimum Gasteiger partial charge on any atom is -0.493 e. The number of ether oxygens (including phenoxy) is 2. The molecule has 4 heterocycles. The van der Waals surface area contributed by atoms with Gasteiger partial charge in [0.15, 0.2) is 17.3 Å². The van der Waals surface area contributed by atoms with Crippen LogP contribution in [0.5, 0.6) is 11.5 Å². The summed E-state index contributed by atoms with van der Waals surface area (Å²) in [5.74, 6) is 4.01. The number of tetrazole rings is 1. The van der Waals surface area contributed by atoms with Crippen LogP contribution >= 0.6 is 11.3 Å². The van der Waals surface area contributed by atoms with E-state index in [0.717, 1.165) is 52.7 Å². The van der Waals surface area contributed by atoms with Gasteiger partial charge in [-0.25, -0.2) is 9.97 Å². The van der Waals surface area contributed by atoms with Gasteiger partial charge < -0.3 is 9.47 Å². The lowest BCUT2D eigenvalue weighted by atomic mass is 9.99. The Morgan fingerprint density at radius 2 is 1.82 bits per heavy atom. The molecule has 1 fully saturated rings. The lowest BCUT2D eigenvalue weighted by molar-refractivity contribution is 0.181. The zero-order valence-corrected chi connectivity index (χ0v) is 21.0. The molecular formula is C24H29N7O2S.